The molecular formula is C31H26F4N6O5. The van der Waals surface area contributed by atoms with Gasteiger partial charge in [0.1, 0.15) is 23.3 Å². The number of rotatable bonds is 2. The molecule has 238 valence electrons. The number of para-hydroxylation sites is 1. The van der Waals surface area contributed by atoms with Crippen molar-refractivity contribution >= 4 is 24.0 Å². The molecule has 15 heteroatoms. The topological polar surface area (TPSA) is 153 Å². The zero-order valence-corrected chi connectivity index (χ0v) is 24.0. The fourth-order valence-corrected chi connectivity index (χ4v) is 5.75. The van der Waals surface area contributed by atoms with Crippen molar-refractivity contribution in [1.29, 1.82) is 5.26 Å². The Bertz CT molecular complexity index is 1760. The molecule has 2 aromatic carbocycles. The minimum atomic E-state index is -3.31. The van der Waals surface area contributed by atoms with E-state index in [4.69, 9.17) is 25.2 Å². The highest BCUT2D eigenvalue weighted by molar-refractivity contribution is 6.03. The van der Waals surface area contributed by atoms with Crippen LogP contribution in [0.2, 0.25) is 0 Å². The SMILES string of the molecule is FC1(F)COC=N[C@@]12CCOc1ccccc12.N#Cc1ccc(C(=O)Nc2ccc3c(c2)[C@@]2(CCO3)N=C(N)OCC2(F)F)nc1. The maximum Gasteiger partial charge on any atom is 0.310 e. The number of nitrogens with zero attached hydrogens (tertiary/aromatic N) is 4. The van der Waals surface area contributed by atoms with Gasteiger partial charge in [0.05, 0.1) is 18.8 Å². The second-order valence-electron chi connectivity index (χ2n) is 10.8. The van der Waals surface area contributed by atoms with Crippen LogP contribution in [0.4, 0.5) is 23.2 Å². The van der Waals surface area contributed by atoms with Gasteiger partial charge in [-0.25, -0.2) is 15.0 Å². The largest absolute Gasteiger partial charge is 0.493 e. The molecule has 3 aromatic rings. The van der Waals surface area contributed by atoms with Gasteiger partial charge in [-0.1, -0.05) is 18.2 Å². The summed E-state index contributed by atoms with van der Waals surface area (Å²) in [5, 5.41) is 11.4. The maximum absolute atomic E-state index is 14.9. The lowest BCUT2D eigenvalue weighted by molar-refractivity contribution is -0.132. The van der Waals surface area contributed by atoms with E-state index in [1.807, 2.05) is 6.07 Å². The van der Waals surface area contributed by atoms with E-state index in [9.17, 15) is 22.4 Å². The van der Waals surface area contributed by atoms with Crippen molar-refractivity contribution in [3.05, 3.63) is 83.2 Å². The third-order valence-corrected chi connectivity index (χ3v) is 8.11. The molecule has 5 heterocycles. The lowest BCUT2D eigenvalue weighted by Crippen LogP contribution is -2.54. The van der Waals surface area contributed by atoms with Crippen LogP contribution >= 0.6 is 0 Å². The summed E-state index contributed by atoms with van der Waals surface area (Å²) < 4.78 is 78.3. The number of carbonyl (C=O) groups is 1. The van der Waals surface area contributed by atoms with Gasteiger partial charge in [0.2, 0.25) is 0 Å². The van der Waals surface area contributed by atoms with Crippen LogP contribution in [0.15, 0.2) is 70.8 Å². The summed E-state index contributed by atoms with van der Waals surface area (Å²) >= 11 is 0. The van der Waals surface area contributed by atoms with Gasteiger partial charge in [-0.2, -0.15) is 22.8 Å². The zero-order chi connectivity index (χ0) is 32.6. The van der Waals surface area contributed by atoms with Crippen LogP contribution in [0.5, 0.6) is 11.5 Å². The number of hydrogen-bond donors (Lipinski definition) is 2. The Hall–Kier alpha value is -5.39. The Morgan fingerprint density at radius 3 is 2.33 bits per heavy atom. The molecule has 0 radical (unpaired) electrons. The van der Waals surface area contributed by atoms with Crippen molar-refractivity contribution in [3.63, 3.8) is 0 Å². The molecule has 3 N–H and O–H groups in total. The predicted molar refractivity (Wildman–Crippen MR) is 155 cm³/mol. The van der Waals surface area contributed by atoms with Crippen LogP contribution in [0.1, 0.15) is 40.0 Å². The molecule has 0 saturated carbocycles. The average Bonchev–Trinajstić information content (AvgIpc) is 3.05. The smallest absolute Gasteiger partial charge is 0.310 e. The van der Waals surface area contributed by atoms with Crippen molar-refractivity contribution in [2.75, 3.05) is 31.7 Å². The zero-order valence-electron chi connectivity index (χ0n) is 24.0. The molecular weight excluding hydrogens is 612 g/mol. The number of hydrogen-bond acceptors (Lipinski definition) is 10. The monoisotopic (exact) mass is 638 g/mol. The van der Waals surface area contributed by atoms with Crippen molar-refractivity contribution in [2.45, 2.75) is 35.8 Å². The van der Waals surface area contributed by atoms with Crippen LogP contribution in [0.25, 0.3) is 0 Å². The molecule has 2 atom stereocenters. The summed E-state index contributed by atoms with van der Waals surface area (Å²) in [5.41, 5.74) is 3.34. The van der Waals surface area contributed by atoms with Crippen LogP contribution < -0.4 is 20.5 Å². The molecule has 46 heavy (non-hydrogen) atoms. The highest BCUT2D eigenvalue weighted by Crippen LogP contribution is 2.52. The van der Waals surface area contributed by atoms with Crippen molar-refractivity contribution in [2.24, 2.45) is 15.7 Å². The Balaban J connectivity index is 0.000000185. The quantitative estimate of drug-likeness (QED) is 0.389. The summed E-state index contributed by atoms with van der Waals surface area (Å²) in [5.74, 6) is -6.16. The van der Waals surface area contributed by atoms with E-state index in [0.29, 0.717) is 16.9 Å². The van der Waals surface area contributed by atoms with Gasteiger partial charge in [-0.15, -0.1) is 0 Å². The number of amidine groups is 1. The maximum atomic E-state index is 14.9. The fraction of sp³-hybridized carbons (Fsp3) is 0.323. The van der Waals surface area contributed by atoms with Crippen molar-refractivity contribution in [3.8, 4) is 17.6 Å². The summed E-state index contributed by atoms with van der Waals surface area (Å²) in [6.07, 6.45) is 2.46. The standard InChI is InChI=1S/C19H15F2N5O3.C12H11F2NO2/c20-19(21)10-29-17(23)26-18(19)5-6-28-15-4-2-12(7-13(15)18)25-16(27)14-3-1-11(8-22)9-24-14;13-12(14)7-16-8-15-11(12)5-6-17-10-4-2-1-3-9(10)11/h1-4,7,9H,5-6,10H2,(H2,23,26)(H,25,27);1-4,8H,5-7H2/t18-;11-/m11/s1. The average molecular weight is 639 g/mol. The third kappa shape index (κ3) is 5.19. The summed E-state index contributed by atoms with van der Waals surface area (Å²) in [7, 11) is 0. The first-order chi connectivity index (χ1) is 22.0. The number of nitriles is 1. The molecule has 1 amide bonds. The van der Waals surface area contributed by atoms with Gasteiger partial charge in [-0.05, 0) is 36.4 Å². The lowest BCUT2D eigenvalue weighted by atomic mass is 9.79. The molecule has 4 aliphatic rings. The van der Waals surface area contributed by atoms with Crippen LogP contribution in [-0.4, -0.2) is 61.6 Å². The Morgan fingerprint density at radius 2 is 1.61 bits per heavy atom. The molecule has 0 unspecified atom stereocenters. The number of ether oxygens (including phenoxy) is 4. The molecule has 7 rings (SSSR count). The minimum absolute atomic E-state index is 0.0419. The predicted octanol–water partition coefficient (Wildman–Crippen LogP) is 4.52. The Kier molecular flexibility index (Phi) is 7.67. The second-order valence-corrected chi connectivity index (χ2v) is 10.8. The number of fused-ring (bicyclic) bond motifs is 4. The van der Waals surface area contributed by atoms with Gasteiger partial charge in [0.15, 0.2) is 30.7 Å². The molecule has 11 nitrogen and oxygen atoms in total. The van der Waals surface area contributed by atoms with E-state index in [0.717, 1.165) is 6.40 Å². The molecule has 4 aliphatic heterocycles. The molecule has 2 spiro atoms. The van der Waals surface area contributed by atoms with Gasteiger partial charge >= 0.3 is 11.8 Å². The van der Waals surface area contributed by atoms with Gasteiger partial charge < -0.3 is 30.0 Å². The van der Waals surface area contributed by atoms with Crippen LogP contribution in [-0.2, 0) is 20.6 Å². The van der Waals surface area contributed by atoms with E-state index in [-0.39, 0.29) is 54.8 Å². The molecule has 0 saturated heterocycles. The number of benzene rings is 2. The number of amides is 1. The van der Waals surface area contributed by atoms with E-state index < -0.39 is 42.0 Å². The van der Waals surface area contributed by atoms with Crippen LogP contribution in [0, 0.1) is 11.3 Å². The number of aromatic nitrogens is 1. The van der Waals surface area contributed by atoms with Gasteiger partial charge in [0, 0.05) is 35.9 Å². The second kappa shape index (κ2) is 11.5. The fourth-order valence-electron chi connectivity index (χ4n) is 5.75. The number of alkyl halides is 4. The molecule has 0 fully saturated rings. The molecule has 1 aromatic heterocycles. The highest BCUT2D eigenvalue weighted by atomic mass is 19.3. The Labute approximate surface area is 259 Å². The number of halogens is 4. The van der Waals surface area contributed by atoms with Gasteiger partial charge in [-0.3, -0.25) is 4.79 Å². The number of anilines is 1. The van der Waals surface area contributed by atoms with E-state index in [1.165, 1.54) is 36.5 Å². The van der Waals surface area contributed by atoms with Crippen LogP contribution in [0.3, 0.4) is 0 Å². The number of nitrogens with one attached hydrogen (secondary N) is 1. The molecule has 0 bridgehead atoms. The summed E-state index contributed by atoms with van der Waals surface area (Å²) in [6.45, 7) is -1.25. The summed E-state index contributed by atoms with van der Waals surface area (Å²) in [6, 6.07) is 15.7. The molecule has 0 aliphatic carbocycles. The minimum Gasteiger partial charge on any atom is -0.493 e. The van der Waals surface area contributed by atoms with E-state index >= 15 is 0 Å². The number of carbonyl (C=O) groups excluding carboxylic acids is 1. The lowest BCUT2D eigenvalue weighted by Gasteiger charge is -2.43. The van der Waals surface area contributed by atoms with Gasteiger partial charge in [0.25, 0.3) is 11.9 Å². The number of pyridine rings is 1. The number of nitrogens with two attached hydrogens (primary N) is 1. The summed E-state index contributed by atoms with van der Waals surface area (Å²) in [4.78, 5) is 24.2. The normalized spacial score (nSPS) is 24.5. The first-order valence-electron chi connectivity index (χ1n) is 14.1. The first-order valence-corrected chi connectivity index (χ1v) is 14.1. The Morgan fingerprint density at radius 1 is 0.891 bits per heavy atom. The third-order valence-electron chi connectivity index (χ3n) is 8.11. The highest BCUT2D eigenvalue weighted by Gasteiger charge is 2.61. The van der Waals surface area contributed by atoms with Crippen molar-refractivity contribution in [1.82, 2.24) is 4.98 Å². The van der Waals surface area contributed by atoms with E-state index in [1.54, 1.807) is 24.3 Å². The van der Waals surface area contributed by atoms with Crippen molar-refractivity contribution < 1.29 is 41.3 Å². The number of aliphatic imine (C=N–C) groups is 2. The first kappa shape index (κ1) is 30.6. The van der Waals surface area contributed by atoms with E-state index in [2.05, 4.69) is 25.0 Å².